The highest BCUT2D eigenvalue weighted by molar-refractivity contribution is 6.24. The van der Waals surface area contributed by atoms with Gasteiger partial charge in [0.15, 0.2) is 5.78 Å². The maximum atomic E-state index is 13.3. The third-order valence-electron chi connectivity index (χ3n) is 7.67. The number of aromatic nitrogens is 1. The van der Waals surface area contributed by atoms with Gasteiger partial charge in [0.05, 0.1) is 17.2 Å². The number of aliphatic hydroxyl groups excluding tert-OH is 1. The van der Waals surface area contributed by atoms with Gasteiger partial charge >= 0.3 is 0 Å². The van der Waals surface area contributed by atoms with Crippen molar-refractivity contribution < 1.29 is 9.90 Å². The molecule has 0 saturated carbocycles. The molecule has 4 nitrogen and oxygen atoms in total. The molecule has 1 atom stereocenters. The van der Waals surface area contributed by atoms with Crippen LogP contribution in [0.25, 0.3) is 38.5 Å². The molecule has 0 fully saturated rings. The summed E-state index contributed by atoms with van der Waals surface area (Å²) < 4.78 is 2.30. The number of hydrogen-bond donors (Lipinski definition) is 2. The number of unbranched alkanes of at least 4 members (excludes halogenated alkanes) is 1. The van der Waals surface area contributed by atoms with E-state index in [0.29, 0.717) is 11.1 Å². The standard InChI is InChI=1S/C32H26N2O2/c1-2-3-16-34-27-15-7-11-20-9-5-13-22(30(20)27)28(34)18-24-31(35)23(32(24)36)17-26-21-12-4-8-19-10-6-14-25(33-26)29(19)21/h4-15,17-18,26,33,35H,2-3,16H2,1H3/b23-17+,28-18+. The summed E-state index contributed by atoms with van der Waals surface area (Å²) in [6.07, 6.45) is 5.88. The Bertz CT molecular complexity index is 1830. The predicted molar refractivity (Wildman–Crippen MR) is 147 cm³/mol. The van der Waals surface area contributed by atoms with Gasteiger partial charge in [-0.25, -0.2) is 0 Å². The topological polar surface area (TPSA) is 54.3 Å². The SMILES string of the molecule is CCCCn1/c(=C/C2=C(O)C(=C\C3Nc4cccc5cccc3c45)/C2=O)c2cccc3cccc1c32. The lowest BCUT2D eigenvalue weighted by Crippen LogP contribution is -2.25. The summed E-state index contributed by atoms with van der Waals surface area (Å²) in [4.78, 5) is 13.3. The van der Waals surface area contributed by atoms with Gasteiger partial charge in [0.2, 0.25) is 0 Å². The predicted octanol–water partition coefficient (Wildman–Crippen LogP) is 6.74. The van der Waals surface area contributed by atoms with E-state index in [1.807, 2.05) is 24.3 Å². The number of hydrogen-bond acceptors (Lipinski definition) is 3. The smallest absolute Gasteiger partial charge is 0.200 e. The second-order valence-electron chi connectivity index (χ2n) is 9.76. The third-order valence-corrected chi connectivity index (χ3v) is 7.67. The maximum Gasteiger partial charge on any atom is 0.200 e. The Balaban J connectivity index is 1.35. The highest BCUT2D eigenvalue weighted by Crippen LogP contribution is 2.42. The Morgan fingerprint density at radius 2 is 1.67 bits per heavy atom. The third kappa shape index (κ3) is 2.91. The molecule has 176 valence electrons. The molecule has 1 aromatic heterocycles. The number of anilines is 1. The zero-order chi connectivity index (χ0) is 24.4. The number of Topliss-reactive ketones (excluding diaryl/α,β-unsaturated/α-hetero) is 1. The summed E-state index contributed by atoms with van der Waals surface area (Å²) in [5.74, 6) is -0.0282. The van der Waals surface area contributed by atoms with Gasteiger partial charge in [-0.2, -0.15) is 0 Å². The molecule has 1 aliphatic heterocycles. The molecule has 0 radical (unpaired) electrons. The van der Waals surface area contributed by atoms with Crippen molar-refractivity contribution in [2.45, 2.75) is 32.4 Å². The molecule has 4 heteroatoms. The molecule has 5 aromatic rings. The zero-order valence-electron chi connectivity index (χ0n) is 20.1. The molecular formula is C32H26N2O2. The largest absolute Gasteiger partial charge is 0.506 e. The van der Waals surface area contributed by atoms with Gasteiger partial charge in [-0.3, -0.25) is 4.79 Å². The van der Waals surface area contributed by atoms with Crippen LogP contribution in [-0.2, 0) is 11.3 Å². The molecule has 0 amide bonds. The molecule has 4 aromatic carbocycles. The van der Waals surface area contributed by atoms with E-state index in [0.717, 1.165) is 41.4 Å². The Hall–Kier alpha value is -4.31. The van der Waals surface area contributed by atoms with E-state index in [2.05, 4.69) is 77.5 Å². The summed E-state index contributed by atoms with van der Waals surface area (Å²) in [7, 11) is 0. The first-order valence-electron chi connectivity index (χ1n) is 12.7. The van der Waals surface area contributed by atoms with Gasteiger partial charge in [-0.15, -0.1) is 0 Å². The number of aliphatic hydroxyl groups is 1. The summed E-state index contributed by atoms with van der Waals surface area (Å²) in [6.45, 7) is 3.05. The average Bonchev–Trinajstić information content (AvgIpc) is 3.42. The van der Waals surface area contributed by atoms with Crippen LogP contribution in [0.5, 0.6) is 0 Å². The van der Waals surface area contributed by atoms with Crippen LogP contribution in [0.3, 0.4) is 0 Å². The number of ketones is 1. The normalized spacial score (nSPS) is 18.7. The van der Waals surface area contributed by atoms with Crippen LogP contribution in [0.4, 0.5) is 5.69 Å². The van der Waals surface area contributed by atoms with Crippen LogP contribution in [0.15, 0.2) is 95.8 Å². The lowest BCUT2D eigenvalue weighted by atomic mass is 9.85. The monoisotopic (exact) mass is 470 g/mol. The summed E-state index contributed by atoms with van der Waals surface area (Å²) in [5, 5.41) is 21.4. The number of nitrogens with zero attached hydrogens (tertiary/aromatic N) is 1. The maximum absolute atomic E-state index is 13.3. The van der Waals surface area contributed by atoms with Gasteiger partial charge < -0.3 is 15.0 Å². The molecule has 0 spiro atoms. The number of benzene rings is 4. The Kier molecular flexibility index (Phi) is 4.58. The van der Waals surface area contributed by atoms with Crippen molar-refractivity contribution in [1.82, 2.24) is 4.57 Å². The lowest BCUT2D eigenvalue weighted by Gasteiger charge is -2.21. The van der Waals surface area contributed by atoms with Crippen molar-refractivity contribution in [3.8, 4) is 0 Å². The van der Waals surface area contributed by atoms with Crippen LogP contribution in [0.1, 0.15) is 31.4 Å². The van der Waals surface area contributed by atoms with Crippen LogP contribution >= 0.6 is 0 Å². The second-order valence-corrected chi connectivity index (χ2v) is 9.76. The van der Waals surface area contributed by atoms with E-state index in [1.54, 1.807) is 0 Å². The van der Waals surface area contributed by atoms with Crippen molar-refractivity contribution in [1.29, 1.82) is 0 Å². The number of carbonyl (C=O) groups excluding carboxylic acids is 1. The first-order valence-corrected chi connectivity index (χ1v) is 12.7. The fourth-order valence-electron chi connectivity index (χ4n) is 5.91. The van der Waals surface area contributed by atoms with Crippen LogP contribution in [-0.4, -0.2) is 15.5 Å². The first-order chi connectivity index (χ1) is 17.7. The van der Waals surface area contributed by atoms with Crippen molar-refractivity contribution in [3.63, 3.8) is 0 Å². The Morgan fingerprint density at radius 3 is 2.44 bits per heavy atom. The number of rotatable bonds is 5. The summed E-state index contributed by atoms with van der Waals surface area (Å²) in [5.41, 5.74) is 4.14. The van der Waals surface area contributed by atoms with Gasteiger partial charge in [-0.05, 0) is 47.0 Å². The molecule has 2 N–H and O–H groups in total. The molecule has 7 rings (SSSR count). The van der Waals surface area contributed by atoms with Gasteiger partial charge in [0, 0.05) is 39.3 Å². The molecular weight excluding hydrogens is 444 g/mol. The van der Waals surface area contributed by atoms with Crippen LogP contribution in [0, 0.1) is 0 Å². The average molecular weight is 471 g/mol. The molecule has 36 heavy (non-hydrogen) atoms. The number of nitrogens with one attached hydrogen (secondary N) is 1. The summed E-state index contributed by atoms with van der Waals surface area (Å²) >= 11 is 0. The second kappa shape index (κ2) is 7.85. The van der Waals surface area contributed by atoms with Crippen molar-refractivity contribution in [2.75, 3.05) is 5.32 Å². The van der Waals surface area contributed by atoms with Crippen LogP contribution in [0.2, 0.25) is 0 Å². The highest BCUT2D eigenvalue weighted by atomic mass is 16.3. The first kappa shape index (κ1) is 21.0. The highest BCUT2D eigenvalue weighted by Gasteiger charge is 2.34. The van der Waals surface area contributed by atoms with E-state index in [4.69, 9.17) is 0 Å². The van der Waals surface area contributed by atoms with E-state index in [9.17, 15) is 9.90 Å². The van der Waals surface area contributed by atoms with E-state index < -0.39 is 0 Å². The summed E-state index contributed by atoms with van der Waals surface area (Å²) in [6, 6.07) is 24.9. The molecule has 2 aliphatic rings. The van der Waals surface area contributed by atoms with Crippen molar-refractivity contribution in [3.05, 3.63) is 107 Å². The Labute approximate surface area is 208 Å². The number of aryl methyl sites for hydroxylation is 1. The molecule has 0 saturated heterocycles. The minimum absolute atomic E-state index is 0.0796. The minimum Gasteiger partial charge on any atom is -0.506 e. The van der Waals surface area contributed by atoms with Gasteiger partial charge in [0.25, 0.3) is 0 Å². The van der Waals surface area contributed by atoms with Crippen molar-refractivity contribution in [2.24, 2.45) is 0 Å². The van der Waals surface area contributed by atoms with E-state index in [-0.39, 0.29) is 17.6 Å². The number of carbonyl (C=O) groups is 1. The fraction of sp³-hybridized carbons (Fsp3) is 0.156. The van der Waals surface area contributed by atoms with Crippen LogP contribution < -0.4 is 10.7 Å². The molecule has 1 aliphatic carbocycles. The quantitative estimate of drug-likeness (QED) is 0.280. The van der Waals surface area contributed by atoms with Gasteiger partial charge in [0.1, 0.15) is 5.76 Å². The van der Waals surface area contributed by atoms with Crippen molar-refractivity contribution >= 4 is 50.0 Å². The van der Waals surface area contributed by atoms with E-state index >= 15 is 0 Å². The minimum atomic E-state index is -0.146. The molecule has 0 bridgehead atoms. The molecule has 1 unspecified atom stereocenters. The molecule has 2 heterocycles. The fourth-order valence-corrected chi connectivity index (χ4v) is 5.91. The Morgan fingerprint density at radius 1 is 0.944 bits per heavy atom. The van der Waals surface area contributed by atoms with Gasteiger partial charge in [-0.1, -0.05) is 74.0 Å². The number of allylic oxidation sites excluding steroid dienone is 2. The zero-order valence-corrected chi connectivity index (χ0v) is 20.1. The van der Waals surface area contributed by atoms with E-state index in [1.165, 1.54) is 27.1 Å². The lowest BCUT2D eigenvalue weighted by molar-refractivity contribution is -0.113.